The fourth-order valence-corrected chi connectivity index (χ4v) is 1.05. The fourth-order valence-electron chi connectivity index (χ4n) is 1.05. The summed E-state index contributed by atoms with van der Waals surface area (Å²) in [7, 11) is 0. The number of carbonyl (C=O) groups excluding carboxylic acids is 1. The average Bonchev–Trinajstić information content (AvgIpc) is 2.34. The van der Waals surface area contributed by atoms with Gasteiger partial charge in [-0.2, -0.15) is 5.11 Å². The SMILES string of the molecule is CC(C)(C)OC(=O)NNCCOCCOCCN=NN. The first-order valence-electron chi connectivity index (χ1n) is 6.40. The zero-order valence-electron chi connectivity index (χ0n) is 12.3. The van der Waals surface area contributed by atoms with Gasteiger partial charge >= 0.3 is 6.09 Å². The molecule has 0 fully saturated rings. The average molecular weight is 291 g/mol. The van der Waals surface area contributed by atoms with Gasteiger partial charge in [0.1, 0.15) is 5.60 Å². The maximum Gasteiger partial charge on any atom is 0.422 e. The van der Waals surface area contributed by atoms with Crippen LogP contribution < -0.4 is 16.7 Å². The van der Waals surface area contributed by atoms with Crippen molar-refractivity contribution in [3.8, 4) is 0 Å². The summed E-state index contributed by atoms with van der Waals surface area (Å²) in [5.74, 6) is 4.82. The van der Waals surface area contributed by atoms with Crippen molar-refractivity contribution in [3.05, 3.63) is 0 Å². The van der Waals surface area contributed by atoms with Crippen LogP contribution in [-0.2, 0) is 14.2 Å². The molecular weight excluding hydrogens is 266 g/mol. The Bertz CT molecular complexity index is 280. The molecule has 0 aliphatic carbocycles. The van der Waals surface area contributed by atoms with Gasteiger partial charge in [0.2, 0.25) is 0 Å². The lowest BCUT2D eigenvalue weighted by molar-refractivity contribution is 0.0429. The first-order chi connectivity index (χ1) is 9.45. The Balaban J connectivity index is 3.23. The molecule has 9 heteroatoms. The number of nitrogens with one attached hydrogen (secondary N) is 2. The Labute approximate surface area is 119 Å². The molecule has 1 amide bonds. The smallest absolute Gasteiger partial charge is 0.422 e. The van der Waals surface area contributed by atoms with Crippen molar-refractivity contribution in [1.29, 1.82) is 0 Å². The lowest BCUT2D eigenvalue weighted by Gasteiger charge is -2.19. The van der Waals surface area contributed by atoms with Crippen molar-refractivity contribution in [2.24, 2.45) is 16.2 Å². The van der Waals surface area contributed by atoms with Crippen molar-refractivity contribution in [2.75, 3.05) is 39.5 Å². The highest BCUT2D eigenvalue weighted by molar-refractivity contribution is 5.66. The number of rotatable bonds is 10. The third-order valence-electron chi connectivity index (χ3n) is 1.75. The second-order valence-corrected chi connectivity index (χ2v) is 4.76. The van der Waals surface area contributed by atoms with E-state index < -0.39 is 11.7 Å². The molecule has 0 aromatic rings. The predicted octanol–water partition coefficient (Wildman–Crippen LogP) is 0.375. The van der Waals surface area contributed by atoms with Gasteiger partial charge in [-0.05, 0) is 20.8 Å². The van der Waals surface area contributed by atoms with Crippen LogP contribution in [0.1, 0.15) is 20.8 Å². The van der Waals surface area contributed by atoms with Crippen molar-refractivity contribution in [1.82, 2.24) is 10.9 Å². The Kier molecular flexibility index (Phi) is 10.6. The Morgan fingerprint density at radius 1 is 1.15 bits per heavy atom. The molecule has 0 bridgehead atoms. The van der Waals surface area contributed by atoms with E-state index in [0.29, 0.717) is 39.5 Å². The van der Waals surface area contributed by atoms with Crippen LogP contribution in [0.5, 0.6) is 0 Å². The van der Waals surface area contributed by atoms with Crippen molar-refractivity contribution in [2.45, 2.75) is 26.4 Å². The molecule has 0 aliphatic rings. The Morgan fingerprint density at radius 2 is 1.80 bits per heavy atom. The monoisotopic (exact) mass is 291 g/mol. The zero-order chi connectivity index (χ0) is 15.3. The molecule has 0 saturated carbocycles. The van der Waals surface area contributed by atoms with Crippen LogP contribution in [0.15, 0.2) is 10.3 Å². The summed E-state index contributed by atoms with van der Waals surface area (Å²) in [6.07, 6.45) is -0.519. The number of ether oxygens (including phenoxy) is 3. The van der Waals surface area contributed by atoms with Crippen LogP contribution in [0.25, 0.3) is 0 Å². The standard InChI is InChI=1S/C11H25N5O4/c1-11(2,3)20-10(17)15-13-4-6-18-8-9-19-7-5-14-16-12/h13H,4-9H2,1-3H3,(H2,12,14)(H,15,17). The van der Waals surface area contributed by atoms with E-state index in [1.165, 1.54) is 0 Å². The van der Waals surface area contributed by atoms with Crippen LogP contribution in [-0.4, -0.2) is 51.2 Å². The highest BCUT2D eigenvalue weighted by atomic mass is 16.6. The second-order valence-electron chi connectivity index (χ2n) is 4.76. The van der Waals surface area contributed by atoms with Gasteiger partial charge in [0.25, 0.3) is 0 Å². The summed E-state index contributed by atoms with van der Waals surface area (Å²) in [6, 6.07) is 0. The summed E-state index contributed by atoms with van der Waals surface area (Å²) in [5.41, 5.74) is 4.59. The zero-order valence-corrected chi connectivity index (χ0v) is 12.3. The minimum Gasteiger partial charge on any atom is -0.443 e. The Hall–Kier alpha value is -1.45. The van der Waals surface area contributed by atoms with E-state index in [4.69, 9.17) is 20.1 Å². The van der Waals surface area contributed by atoms with E-state index in [0.717, 1.165) is 0 Å². The third-order valence-corrected chi connectivity index (χ3v) is 1.75. The number of amides is 1. The van der Waals surface area contributed by atoms with Crippen LogP contribution in [0.3, 0.4) is 0 Å². The molecule has 0 heterocycles. The molecule has 0 rings (SSSR count). The van der Waals surface area contributed by atoms with E-state index >= 15 is 0 Å². The molecule has 9 nitrogen and oxygen atoms in total. The molecule has 0 aromatic carbocycles. The largest absolute Gasteiger partial charge is 0.443 e. The molecule has 0 aliphatic heterocycles. The number of carbonyl (C=O) groups is 1. The van der Waals surface area contributed by atoms with Crippen LogP contribution >= 0.6 is 0 Å². The number of hydrogen-bond acceptors (Lipinski definition) is 7. The van der Waals surface area contributed by atoms with E-state index in [2.05, 4.69) is 21.2 Å². The maximum absolute atomic E-state index is 11.2. The molecule has 0 radical (unpaired) electrons. The van der Waals surface area contributed by atoms with Gasteiger partial charge < -0.3 is 20.1 Å². The lowest BCUT2D eigenvalue weighted by Crippen LogP contribution is -2.42. The topological polar surface area (TPSA) is 120 Å². The summed E-state index contributed by atoms with van der Waals surface area (Å²) >= 11 is 0. The van der Waals surface area contributed by atoms with Gasteiger partial charge in [-0.25, -0.2) is 10.2 Å². The fraction of sp³-hybridized carbons (Fsp3) is 0.909. The number of hydrogen-bond donors (Lipinski definition) is 3. The van der Waals surface area contributed by atoms with Gasteiger partial charge in [-0.3, -0.25) is 5.43 Å². The molecule has 118 valence electrons. The summed E-state index contributed by atoms with van der Waals surface area (Å²) in [4.78, 5) is 11.2. The minimum atomic E-state index is -0.519. The van der Waals surface area contributed by atoms with Crippen LogP contribution in [0.2, 0.25) is 0 Å². The molecule has 0 atom stereocenters. The van der Waals surface area contributed by atoms with E-state index in [9.17, 15) is 4.79 Å². The number of hydrazine groups is 1. The quantitative estimate of drug-likeness (QED) is 0.231. The molecule has 0 spiro atoms. The first-order valence-corrected chi connectivity index (χ1v) is 6.40. The summed E-state index contributed by atoms with van der Waals surface area (Å²) in [6.45, 7) is 8.15. The van der Waals surface area contributed by atoms with Gasteiger partial charge in [0.15, 0.2) is 0 Å². The van der Waals surface area contributed by atoms with Gasteiger partial charge in [0, 0.05) is 6.54 Å². The van der Waals surface area contributed by atoms with E-state index in [1.54, 1.807) is 20.8 Å². The van der Waals surface area contributed by atoms with Gasteiger partial charge in [-0.1, -0.05) is 5.22 Å². The second kappa shape index (κ2) is 11.4. The number of nitrogens with zero attached hydrogens (tertiary/aromatic N) is 2. The molecule has 0 saturated heterocycles. The van der Waals surface area contributed by atoms with Gasteiger partial charge in [0.05, 0.1) is 33.0 Å². The van der Waals surface area contributed by atoms with Crippen molar-refractivity contribution >= 4 is 6.09 Å². The normalized spacial score (nSPS) is 11.8. The predicted molar refractivity (Wildman–Crippen MR) is 72.9 cm³/mol. The number of nitrogens with two attached hydrogens (primary N) is 1. The first kappa shape index (κ1) is 18.6. The minimum absolute atomic E-state index is 0.442. The Morgan fingerprint density at radius 3 is 2.40 bits per heavy atom. The molecule has 4 N–H and O–H groups in total. The molecule has 0 unspecified atom stereocenters. The third kappa shape index (κ3) is 14.6. The van der Waals surface area contributed by atoms with Gasteiger partial charge in [-0.15, -0.1) is 0 Å². The maximum atomic E-state index is 11.2. The highest BCUT2D eigenvalue weighted by Crippen LogP contribution is 2.05. The molecule has 20 heavy (non-hydrogen) atoms. The van der Waals surface area contributed by atoms with Crippen molar-refractivity contribution in [3.63, 3.8) is 0 Å². The van der Waals surface area contributed by atoms with E-state index in [-0.39, 0.29) is 0 Å². The molecule has 0 aromatic heterocycles. The van der Waals surface area contributed by atoms with E-state index in [1.807, 2.05) is 0 Å². The summed E-state index contributed by atoms with van der Waals surface area (Å²) < 4.78 is 15.5. The molecular formula is C11H25N5O4. The van der Waals surface area contributed by atoms with Crippen molar-refractivity contribution < 1.29 is 19.0 Å². The highest BCUT2D eigenvalue weighted by Gasteiger charge is 2.15. The lowest BCUT2D eigenvalue weighted by atomic mass is 10.2. The van der Waals surface area contributed by atoms with Crippen LogP contribution in [0, 0.1) is 0 Å². The summed E-state index contributed by atoms with van der Waals surface area (Å²) in [5, 5.41) is 6.65. The van der Waals surface area contributed by atoms with Crippen LogP contribution in [0.4, 0.5) is 4.79 Å².